The quantitative estimate of drug-likeness (QED) is 0.734. The normalized spacial score (nSPS) is 29.0. The summed E-state index contributed by atoms with van der Waals surface area (Å²) in [6, 6.07) is -0.942. The Hall–Kier alpha value is -1.10. The molecule has 0 bridgehead atoms. The van der Waals surface area contributed by atoms with E-state index in [-0.39, 0.29) is 12.5 Å². The maximum atomic E-state index is 11.9. The van der Waals surface area contributed by atoms with E-state index in [1.165, 1.54) is 6.42 Å². The first-order valence-electron chi connectivity index (χ1n) is 7.05. The van der Waals surface area contributed by atoms with Crippen molar-refractivity contribution in [3.8, 4) is 0 Å². The average Bonchev–Trinajstić information content (AvgIpc) is 2.27. The number of primary amides is 1. The molecule has 1 fully saturated rings. The van der Waals surface area contributed by atoms with Gasteiger partial charge in [0, 0.05) is 0 Å². The molecule has 1 rings (SSSR count). The molecule has 1 aliphatic rings. The maximum Gasteiger partial charge on any atom is 0.323 e. The second-order valence-corrected chi connectivity index (χ2v) is 6.08. The minimum absolute atomic E-state index is 0.0878. The third-order valence-corrected chi connectivity index (χ3v) is 3.95. The summed E-state index contributed by atoms with van der Waals surface area (Å²) in [6.07, 6.45) is 2.87. The number of esters is 1. The monoisotopic (exact) mass is 270 g/mol. The van der Waals surface area contributed by atoms with Crippen LogP contribution in [0.4, 0.5) is 0 Å². The Morgan fingerprint density at radius 3 is 2.47 bits per heavy atom. The first-order valence-corrected chi connectivity index (χ1v) is 7.05. The second-order valence-electron chi connectivity index (χ2n) is 6.08. The minimum atomic E-state index is -0.942. The number of amides is 1. The van der Waals surface area contributed by atoms with Gasteiger partial charge in [-0.15, -0.1) is 0 Å². The molecule has 5 nitrogen and oxygen atoms in total. The third kappa shape index (κ3) is 4.82. The van der Waals surface area contributed by atoms with Gasteiger partial charge in [-0.3, -0.25) is 9.59 Å². The summed E-state index contributed by atoms with van der Waals surface area (Å²) >= 11 is 0. The molecule has 1 amide bonds. The van der Waals surface area contributed by atoms with E-state index in [4.69, 9.17) is 16.2 Å². The van der Waals surface area contributed by atoms with Crippen molar-refractivity contribution >= 4 is 11.9 Å². The van der Waals surface area contributed by atoms with Gasteiger partial charge in [-0.2, -0.15) is 0 Å². The summed E-state index contributed by atoms with van der Waals surface area (Å²) in [5.41, 5.74) is 10.7. The van der Waals surface area contributed by atoms with E-state index in [9.17, 15) is 9.59 Å². The molecule has 0 aromatic heterocycles. The van der Waals surface area contributed by atoms with Crippen LogP contribution in [0.15, 0.2) is 0 Å². The SMILES string of the molecule is CC1CCC(C(C)C)C(OC(=O)[C@@H](N)CC(N)=O)C1. The highest BCUT2D eigenvalue weighted by Gasteiger charge is 2.34. The lowest BCUT2D eigenvalue weighted by Gasteiger charge is -2.37. The number of hydrogen-bond acceptors (Lipinski definition) is 4. The second kappa shape index (κ2) is 6.89. The summed E-state index contributed by atoms with van der Waals surface area (Å²) < 4.78 is 5.53. The fourth-order valence-corrected chi connectivity index (χ4v) is 2.79. The third-order valence-electron chi connectivity index (χ3n) is 3.95. The van der Waals surface area contributed by atoms with Crippen LogP contribution < -0.4 is 11.5 Å². The van der Waals surface area contributed by atoms with Crippen LogP contribution in [-0.4, -0.2) is 24.0 Å². The van der Waals surface area contributed by atoms with Crippen molar-refractivity contribution in [3.05, 3.63) is 0 Å². The lowest BCUT2D eigenvalue weighted by Crippen LogP contribution is -2.42. The number of carbonyl (C=O) groups is 2. The molecular formula is C14H26N2O3. The summed E-state index contributed by atoms with van der Waals surface area (Å²) in [7, 11) is 0. The number of rotatable bonds is 5. The molecule has 110 valence electrons. The molecule has 0 aromatic carbocycles. The van der Waals surface area contributed by atoms with Gasteiger partial charge in [-0.1, -0.05) is 27.2 Å². The van der Waals surface area contributed by atoms with Crippen LogP contribution in [0.5, 0.6) is 0 Å². The van der Waals surface area contributed by atoms with Gasteiger partial charge in [0.15, 0.2) is 0 Å². The molecule has 1 saturated carbocycles. The molecule has 0 heterocycles. The van der Waals surface area contributed by atoms with Crippen LogP contribution in [0.2, 0.25) is 0 Å². The van der Waals surface area contributed by atoms with Crippen molar-refractivity contribution in [2.45, 2.75) is 58.6 Å². The number of hydrogen-bond donors (Lipinski definition) is 2. The average molecular weight is 270 g/mol. The Kier molecular flexibility index (Phi) is 5.79. The zero-order valence-electron chi connectivity index (χ0n) is 12.1. The Morgan fingerprint density at radius 2 is 1.95 bits per heavy atom. The van der Waals surface area contributed by atoms with Crippen LogP contribution in [0.1, 0.15) is 46.5 Å². The van der Waals surface area contributed by atoms with Crippen molar-refractivity contribution in [1.82, 2.24) is 0 Å². The minimum Gasteiger partial charge on any atom is -0.461 e. The molecule has 4 atom stereocenters. The van der Waals surface area contributed by atoms with E-state index in [2.05, 4.69) is 20.8 Å². The van der Waals surface area contributed by atoms with Gasteiger partial charge in [0.1, 0.15) is 12.1 Å². The van der Waals surface area contributed by atoms with Gasteiger partial charge < -0.3 is 16.2 Å². The fourth-order valence-electron chi connectivity index (χ4n) is 2.79. The van der Waals surface area contributed by atoms with Crippen molar-refractivity contribution < 1.29 is 14.3 Å². The van der Waals surface area contributed by atoms with E-state index >= 15 is 0 Å². The van der Waals surface area contributed by atoms with Crippen LogP contribution >= 0.6 is 0 Å². The predicted octanol–water partition coefficient (Wildman–Crippen LogP) is 1.19. The first kappa shape index (κ1) is 16.0. The molecule has 1 aliphatic carbocycles. The largest absolute Gasteiger partial charge is 0.461 e. The summed E-state index contributed by atoms with van der Waals surface area (Å²) in [5, 5.41) is 0. The molecule has 0 aromatic rings. The fraction of sp³-hybridized carbons (Fsp3) is 0.857. The summed E-state index contributed by atoms with van der Waals surface area (Å²) in [5.74, 6) is 0.309. The number of carbonyl (C=O) groups excluding carboxylic acids is 2. The van der Waals surface area contributed by atoms with Gasteiger partial charge in [0.05, 0.1) is 6.42 Å². The zero-order valence-corrected chi connectivity index (χ0v) is 12.1. The Labute approximate surface area is 115 Å². The molecule has 0 aliphatic heterocycles. The highest BCUT2D eigenvalue weighted by atomic mass is 16.5. The summed E-state index contributed by atoms with van der Waals surface area (Å²) in [4.78, 5) is 22.6. The highest BCUT2D eigenvalue weighted by Crippen LogP contribution is 2.35. The molecule has 0 radical (unpaired) electrons. The van der Waals surface area contributed by atoms with Crippen LogP contribution in [0, 0.1) is 17.8 Å². The standard InChI is InChI=1S/C14H26N2O3/c1-8(2)10-5-4-9(3)6-12(10)19-14(18)11(15)7-13(16)17/h8-12H,4-7,15H2,1-3H3,(H2,16,17)/t9?,10?,11-,12?/m0/s1. The van der Waals surface area contributed by atoms with Gasteiger partial charge in [0.2, 0.25) is 5.91 Å². The molecule has 4 N–H and O–H groups in total. The van der Waals surface area contributed by atoms with E-state index in [1.54, 1.807) is 0 Å². The van der Waals surface area contributed by atoms with Crippen LogP contribution in [0.3, 0.4) is 0 Å². The van der Waals surface area contributed by atoms with Crippen LogP contribution in [0.25, 0.3) is 0 Å². The Bertz CT molecular complexity index is 331. The lowest BCUT2D eigenvalue weighted by atomic mass is 9.75. The van der Waals surface area contributed by atoms with Crippen molar-refractivity contribution in [1.29, 1.82) is 0 Å². The Morgan fingerprint density at radius 1 is 1.32 bits per heavy atom. The molecule has 19 heavy (non-hydrogen) atoms. The van der Waals surface area contributed by atoms with Crippen LogP contribution in [-0.2, 0) is 14.3 Å². The lowest BCUT2D eigenvalue weighted by molar-refractivity contribution is -0.158. The molecular weight excluding hydrogens is 244 g/mol. The predicted molar refractivity (Wildman–Crippen MR) is 73.0 cm³/mol. The molecule has 3 unspecified atom stereocenters. The Balaban J connectivity index is 2.60. The van der Waals surface area contributed by atoms with E-state index in [1.807, 2.05) is 0 Å². The van der Waals surface area contributed by atoms with Crippen molar-refractivity contribution in [3.63, 3.8) is 0 Å². The van der Waals surface area contributed by atoms with E-state index in [0.717, 1.165) is 12.8 Å². The number of ether oxygens (including phenoxy) is 1. The molecule has 0 saturated heterocycles. The van der Waals surface area contributed by atoms with Gasteiger partial charge in [-0.25, -0.2) is 0 Å². The first-order chi connectivity index (χ1) is 8.81. The molecule has 5 heteroatoms. The maximum absolute atomic E-state index is 11.9. The van der Waals surface area contributed by atoms with E-state index < -0.39 is 17.9 Å². The number of nitrogens with two attached hydrogens (primary N) is 2. The highest BCUT2D eigenvalue weighted by molar-refractivity contribution is 5.84. The van der Waals surface area contributed by atoms with Gasteiger partial charge >= 0.3 is 5.97 Å². The van der Waals surface area contributed by atoms with Crippen molar-refractivity contribution in [2.24, 2.45) is 29.2 Å². The smallest absolute Gasteiger partial charge is 0.323 e. The van der Waals surface area contributed by atoms with E-state index in [0.29, 0.717) is 17.8 Å². The topological polar surface area (TPSA) is 95.4 Å². The van der Waals surface area contributed by atoms with Crippen molar-refractivity contribution in [2.75, 3.05) is 0 Å². The summed E-state index contributed by atoms with van der Waals surface area (Å²) in [6.45, 7) is 6.45. The van der Waals surface area contributed by atoms with Gasteiger partial charge in [-0.05, 0) is 30.6 Å². The van der Waals surface area contributed by atoms with Gasteiger partial charge in [0.25, 0.3) is 0 Å². The molecule has 0 spiro atoms. The zero-order chi connectivity index (χ0) is 14.6.